The van der Waals surface area contributed by atoms with Gasteiger partial charge >= 0.3 is 0 Å². The number of aromatic nitrogens is 1. The van der Waals surface area contributed by atoms with Crippen LogP contribution in [-0.4, -0.2) is 24.3 Å². The molecule has 0 atom stereocenters. The van der Waals surface area contributed by atoms with Gasteiger partial charge in [-0.1, -0.05) is 0 Å². The molecule has 0 saturated heterocycles. The van der Waals surface area contributed by atoms with E-state index in [4.69, 9.17) is 14.7 Å². The molecule has 0 amide bonds. The van der Waals surface area contributed by atoms with Crippen molar-refractivity contribution in [2.24, 2.45) is 0 Å². The van der Waals surface area contributed by atoms with Crippen LogP contribution in [0.25, 0.3) is 0 Å². The molecule has 0 aliphatic rings. The van der Waals surface area contributed by atoms with Gasteiger partial charge in [-0.3, -0.25) is 0 Å². The highest BCUT2D eigenvalue weighted by molar-refractivity contribution is 5.36. The standard InChI is InChI=1S/C12H16N2O2/c1-12(2,15-3)6-8-16-11-5-4-7-14-10(11)9-13/h4-5,7H,6,8H2,1-3H3. The van der Waals surface area contributed by atoms with Crippen LogP contribution in [0.15, 0.2) is 18.3 Å². The quantitative estimate of drug-likeness (QED) is 0.763. The lowest BCUT2D eigenvalue weighted by atomic mass is 10.1. The largest absolute Gasteiger partial charge is 0.490 e. The van der Waals surface area contributed by atoms with Gasteiger partial charge < -0.3 is 9.47 Å². The fraction of sp³-hybridized carbons (Fsp3) is 0.500. The molecule has 0 bridgehead atoms. The minimum Gasteiger partial charge on any atom is -0.490 e. The highest BCUT2D eigenvalue weighted by Crippen LogP contribution is 2.17. The van der Waals surface area contributed by atoms with Gasteiger partial charge in [0.1, 0.15) is 6.07 Å². The number of rotatable bonds is 5. The molecule has 0 N–H and O–H groups in total. The van der Waals surface area contributed by atoms with E-state index >= 15 is 0 Å². The maximum atomic E-state index is 8.81. The Hall–Kier alpha value is -1.60. The molecule has 0 radical (unpaired) electrons. The number of hydrogen-bond donors (Lipinski definition) is 0. The molecule has 4 nitrogen and oxygen atoms in total. The van der Waals surface area contributed by atoms with Gasteiger partial charge in [-0.15, -0.1) is 0 Å². The number of hydrogen-bond acceptors (Lipinski definition) is 4. The summed E-state index contributed by atoms with van der Waals surface area (Å²) in [6, 6.07) is 5.48. The van der Waals surface area contributed by atoms with Crippen molar-refractivity contribution in [3.8, 4) is 11.8 Å². The van der Waals surface area contributed by atoms with Crippen LogP contribution >= 0.6 is 0 Å². The van der Waals surface area contributed by atoms with Crippen LogP contribution in [-0.2, 0) is 4.74 Å². The first-order chi connectivity index (χ1) is 7.59. The number of nitrogens with zero attached hydrogens (tertiary/aromatic N) is 2. The first kappa shape index (κ1) is 12.5. The fourth-order valence-corrected chi connectivity index (χ4v) is 1.10. The summed E-state index contributed by atoms with van der Waals surface area (Å²) >= 11 is 0. The maximum absolute atomic E-state index is 8.81. The van der Waals surface area contributed by atoms with Crippen molar-refractivity contribution in [3.63, 3.8) is 0 Å². The molecule has 4 heteroatoms. The predicted octanol–water partition coefficient (Wildman–Crippen LogP) is 2.15. The van der Waals surface area contributed by atoms with Crippen molar-refractivity contribution in [1.29, 1.82) is 5.26 Å². The second-order valence-corrected chi connectivity index (χ2v) is 4.02. The summed E-state index contributed by atoms with van der Waals surface area (Å²) in [5.74, 6) is 0.525. The Labute approximate surface area is 95.8 Å². The Morgan fingerprint density at radius 2 is 2.25 bits per heavy atom. The lowest BCUT2D eigenvalue weighted by molar-refractivity contribution is 0.00540. The molecule has 1 rings (SSSR count). The first-order valence-corrected chi connectivity index (χ1v) is 5.12. The van der Waals surface area contributed by atoms with Gasteiger partial charge in [-0.2, -0.15) is 5.26 Å². The third kappa shape index (κ3) is 3.52. The van der Waals surface area contributed by atoms with E-state index in [9.17, 15) is 0 Å². The van der Waals surface area contributed by atoms with Gasteiger partial charge in [0.15, 0.2) is 11.4 Å². The van der Waals surface area contributed by atoms with Crippen LogP contribution in [0.3, 0.4) is 0 Å². The summed E-state index contributed by atoms with van der Waals surface area (Å²) in [7, 11) is 1.67. The monoisotopic (exact) mass is 220 g/mol. The Bertz CT molecular complexity index is 383. The van der Waals surface area contributed by atoms with E-state index in [0.717, 1.165) is 6.42 Å². The van der Waals surface area contributed by atoms with Gasteiger partial charge in [-0.25, -0.2) is 4.98 Å². The molecule has 0 unspecified atom stereocenters. The lowest BCUT2D eigenvalue weighted by Gasteiger charge is -2.22. The van der Waals surface area contributed by atoms with Crippen LogP contribution in [0.2, 0.25) is 0 Å². The van der Waals surface area contributed by atoms with Crippen LogP contribution in [0.1, 0.15) is 26.0 Å². The molecular weight excluding hydrogens is 204 g/mol. The number of pyridine rings is 1. The third-order valence-corrected chi connectivity index (χ3v) is 2.39. The van der Waals surface area contributed by atoms with E-state index in [1.807, 2.05) is 19.9 Å². The summed E-state index contributed by atoms with van der Waals surface area (Å²) in [6.07, 6.45) is 2.33. The minimum absolute atomic E-state index is 0.213. The van der Waals surface area contributed by atoms with Gasteiger partial charge in [0.05, 0.1) is 12.2 Å². The van der Waals surface area contributed by atoms with Crippen LogP contribution in [0, 0.1) is 11.3 Å². The zero-order chi connectivity index (χ0) is 12.0. The smallest absolute Gasteiger partial charge is 0.182 e. The second kappa shape index (κ2) is 5.47. The van der Waals surface area contributed by atoms with E-state index in [1.54, 1.807) is 25.4 Å². The molecule has 0 aromatic carbocycles. The minimum atomic E-state index is -0.213. The van der Waals surface area contributed by atoms with Crippen LogP contribution < -0.4 is 4.74 Å². The number of methoxy groups -OCH3 is 1. The Balaban J connectivity index is 2.53. The number of nitriles is 1. The second-order valence-electron chi connectivity index (χ2n) is 4.02. The van der Waals surface area contributed by atoms with Crippen molar-refractivity contribution < 1.29 is 9.47 Å². The van der Waals surface area contributed by atoms with Gasteiger partial charge in [0.25, 0.3) is 0 Å². The molecule has 0 aliphatic carbocycles. The summed E-state index contributed by atoms with van der Waals surface area (Å²) < 4.78 is 10.8. The summed E-state index contributed by atoms with van der Waals surface area (Å²) in [5.41, 5.74) is 0.104. The highest BCUT2D eigenvalue weighted by atomic mass is 16.5. The Morgan fingerprint density at radius 1 is 1.50 bits per heavy atom. The van der Waals surface area contributed by atoms with E-state index in [1.165, 1.54) is 0 Å². The van der Waals surface area contributed by atoms with Crippen molar-refractivity contribution in [2.75, 3.05) is 13.7 Å². The summed E-state index contributed by atoms with van der Waals surface area (Å²) in [4.78, 5) is 3.92. The van der Waals surface area contributed by atoms with Crippen molar-refractivity contribution in [3.05, 3.63) is 24.0 Å². The molecule has 0 aliphatic heterocycles. The van der Waals surface area contributed by atoms with E-state index in [0.29, 0.717) is 18.1 Å². The van der Waals surface area contributed by atoms with Gasteiger partial charge in [0.2, 0.25) is 0 Å². The van der Waals surface area contributed by atoms with Crippen LogP contribution in [0.5, 0.6) is 5.75 Å². The predicted molar refractivity (Wildman–Crippen MR) is 60.2 cm³/mol. The zero-order valence-corrected chi connectivity index (χ0v) is 9.86. The molecule has 1 aromatic rings. The average molecular weight is 220 g/mol. The van der Waals surface area contributed by atoms with E-state index < -0.39 is 0 Å². The summed E-state index contributed by atoms with van der Waals surface area (Å²) in [5, 5.41) is 8.81. The van der Waals surface area contributed by atoms with Crippen LogP contribution in [0.4, 0.5) is 0 Å². The molecule has 1 heterocycles. The SMILES string of the molecule is COC(C)(C)CCOc1cccnc1C#N. The lowest BCUT2D eigenvalue weighted by Crippen LogP contribution is -2.25. The molecule has 0 saturated carbocycles. The normalized spacial score (nSPS) is 10.9. The zero-order valence-electron chi connectivity index (χ0n) is 9.86. The first-order valence-electron chi connectivity index (χ1n) is 5.12. The Morgan fingerprint density at radius 3 is 2.88 bits per heavy atom. The molecule has 0 spiro atoms. The molecular formula is C12H16N2O2. The van der Waals surface area contributed by atoms with Crippen molar-refractivity contribution in [2.45, 2.75) is 25.9 Å². The van der Waals surface area contributed by atoms with E-state index in [-0.39, 0.29) is 5.60 Å². The Kier molecular flexibility index (Phi) is 4.27. The molecule has 1 aromatic heterocycles. The van der Waals surface area contributed by atoms with Gasteiger partial charge in [-0.05, 0) is 26.0 Å². The topological polar surface area (TPSA) is 55.1 Å². The molecule has 0 fully saturated rings. The van der Waals surface area contributed by atoms with E-state index in [2.05, 4.69) is 4.98 Å². The summed E-state index contributed by atoms with van der Waals surface area (Å²) in [6.45, 7) is 4.48. The van der Waals surface area contributed by atoms with Gasteiger partial charge in [0, 0.05) is 19.7 Å². The third-order valence-electron chi connectivity index (χ3n) is 2.39. The fourth-order valence-electron chi connectivity index (χ4n) is 1.10. The maximum Gasteiger partial charge on any atom is 0.182 e. The molecule has 86 valence electrons. The number of ether oxygens (including phenoxy) is 2. The van der Waals surface area contributed by atoms with Crippen molar-refractivity contribution in [1.82, 2.24) is 4.98 Å². The van der Waals surface area contributed by atoms with Crippen molar-refractivity contribution >= 4 is 0 Å². The highest BCUT2D eigenvalue weighted by Gasteiger charge is 2.16. The molecule has 16 heavy (non-hydrogen) atoms. The average Bonchev–Trinajstić information content (AvgIpc) is 2.29.